The van der Waals surface area contributed by atoms with Crippen molar-refractivity contribution >= 4 is 35.6 Å². The molecule has 0 unspecified atom stereocenters. The molecule has 12 heterocycles. The van der Waals surface area contributed by atoms with Crippen LogP contribution in [0.25, 0.3) is 67.5 Å². The van der Waals surface area contributed by atoms with E-state index in [1.54, 1.807) is 71.2 Å². The number of nitrogens with zero attached hydrogens (tertiary/aromatic N) is 20. The minimum Gasteiger partial charge on any atom is -0.543 e. The number of alkyl halides is 3. The summed E-state index contributed by atoms with van der Waals surface area (Å²) in [5, 5.41) is 83.2. The van der Waals surface area contributed by atoms with Crippen LogP contribution in [0.5, 0.6) is 5.75 Å². The summed E-state index contributed by atoms with van der Waals surface area (Å²) >= 11 is 0. The molecule has 33 nitrogen and oxygen atoms in total. The molecule has 0 saturated heterocycles. The monoisotopic (exact) mass is 1470 g/mol. The SMILES string of the molecule is COc1cccnc1-c1cnn(C)c1C(=O)[O-].Cc1cc(C)nc(-c2cnn(C)c2C(=O)[O-])c1.Cc1cncc(-c2cnn(C)c2C(=O)CO)n1.Cc1cncc(-c2cnn(C)c2C(=O)O)n1.Cn1ncc(-c2ccc(F)cn2)c1C(=O)[O-].Cn1ncc(-c2cccc(C(F)(F)F)n2)c1C(=O)O.[Na+].[Na+].[Na+]. The number of carbonyl (C=O) groups excluding carboxylic acids is 4. The third-order valence-electron chi connectivity index (χ3n) is 14.0. The molecule has 0 spiro atoms. The Morgan fingerprint density at radius 2 is 0.867 bits per heavy atom. The summed E-state index contributed by atoms with van der Waals surface area (Å²) in [6, 6.07) is 13.1. The number of halogens is 4. The van der Waals surface area contributed by atoms with Crippen LogP contribution in [0, 0.1) is 33.5 Å². The first-order chi connectivity index (χ1) is 48.3. The van der Waals surface area contributed by atoms with Crippen LogP contribution in [0.3, 0.4) is 0 Å². The fourth-order valence-corrected chi connectivity index (χ4v) is 9.58. The van der Waals surface area contributed by atoms with E-state index < -0.39 is 54.1 Å². The van der Waals surface area contributed by atoms with Crippen molar-refractivity contribution in [2.75, 3.05) is 13.7 Å². The van der Waals surface area contributed by atoms with Crippen LogP contribution in [-0.4, -0.2) is 163 Å². The Morgan fingerprint density at radius 1 is 0.457 bits per heavy atom. The number of ether oxygens (including phenoxy) is 1. The van der Waals surface area contributed by atoms with Gasteiger partial charge < -0.3 is 49.8 Å². The molecular weight excluding hydrogens is 1410 g/mol. The molecule has 3 N–H and O–H groups in total. The molecule has 0 aliphatic heterocycles. The molecule has 12 rings (SSSR count). The number of aromatic carboxylic acids is 5. The fourth-order valence-electron chi connectivity index (χ4n) is 9.58. The van der Waals surface area contributed by atoms with Gasteiger partial charge in [0.2, 0.25) is 5.78 Å². The Hall–Kier alpha value is -10.5. The predicted molar refractivity (Wildman–Crippen MR) is 343 cm³/mol. The fraction of sp³-hybridized carbons (Fsp3) is 0.200. The van der Waals surface area contributed by atoms with E-state index >= 15 is 0 Å². The molecule has 528 valence electrons. The summed E-state index contributed by atoms with van der Waals surface area (Å²) < 4.78 is 62.9. The number of aryl methyl sites for hydroxylation is 10. The van der Waals surface area contributed by atoms with Crippen molar-refractivity contribution in [2.45, 2.75) is 33.9 Å². The summed E-state index contributed by atoms with van der Waals surface area (Å²) in [5.41, 5.74) is 7.13. The van der Waals surface area contributed by atoms with Gasteiger partial charge in [-0.25, -0.2) is 28.9 Å². The van der Waals surface area contributed by atoms with Gasteiger partial charge in [0, 0.05) is 77.7 Å². The number of carboxylic acids is 5. The van der Waals surface area contributed by atoms with E-state index in [1.165, 1.54) is 113 Å². The van der Waals surface area contributed by atoms with Gasteiger partial charge in [-0.05, 0) is 81.8 Å². The number of Topliss-reactive ketones (excluding diaryl/α,β-unsaturated/α-hetero) is 1. The Balaban J connectivity index is 0.000000265. The third-order valence-corrected chi connectivity index (χ3v) is 14.0. The number of hydrogen-bond donors (Lipinski definition) is 3. The van der Waals surface area contributed by atoms with E-state index in [1.807, 2.05) is 32.9 Å². The second-order valence-corrected chi connectivity index (χ2v) is 21.3. The minimum absolute atomic E-state index is 0. The van der Waals surface area contributed by atoms with Crippen molar-refractivity contribution < 1.29 is 170 Å². The molecule has 0 radical (unpaired) electrons. The van der Waals surface area contributed by atoms with Crippen LogP contribution < -0.4 is 109 Å². The molecule has 12 aromatic rings. The topological polar surface area (TPSA) is 452 Å². The zero-order valence-electron chi connectivity index (χ0n) is 58.7. The molecule has 0 fully saturated rings. The maximum atomic E-state index is 12.7. The number of hydrogen-bond acceptors (Lipinski definition) is 25. The average Bonchev–Trinajstić information content (AvgIpc) is 1.76. The van der Waals surface area contributed by atoms with E-state index in [9.17, 15) is 61.6 Å². The Bertz CT molecular complexity index is 5040. The first-order valence-electron chi connectivity index (χ1n) is 29.3. The molecule has 40 heteroatoms. The van der Waals surface area contributed by atoms with E-state index in [0.29, 0.717) is 67.7 Å². The van der Waals surface area contributed by atoms with Gasteiger partial charge in [-0.2, -0.15) is 43.8 Å². The van der Waals surface area contributed by atoms with Crippen molar-refractivity contribution in [1.82, 2.24) is 98.6 Å². The van der Waals surface area contributed by atoms with Crippen LogP contribution >= 0.6 is 0 Å². The zero-order chi connectivity index (χ0) is 75.0. The molecule has 0 aromatic carbocycles. The van der Waals surface area contributed by atoms with Gasteiger partial charge in [-0.15, -0.1) is 0 Å². The van der Waals surface area contributed by atoms with Gasteiger partial charge in [0.15, 0.2) is 11.4 Å². The van der Waals surface area contributed by atoms with E-state index in [0.717, 1.165) is 39.6 Å². The van der Waals surface area contributed by atoms with Gasteiger partial charge in [-0.1, -0.05) is 6.07 Å². The van der Waals surface area contributed by atoms with Gasteiger partial charge in [0.25, 0.3) is 0 Å². The molecule has 12 aromatic heterocycles. The maximum Gasteiger partial charge on any atom is 1.00 e. The number of aliphatic hydroxyl groups excluding tert-OH is 1. The van der Waals surface area contributed by atoms with Gasteiger partial charge in [0.1, 0.15) is 35.3 Å². The second kappa shape index (κ2) is 38.9. The van der Waals surface area contributed by atoms with Crippen molar-refractivity contribution in [3.63, 3.8) is 0 Å². The Labute approximate surface area is 659 Å². The van der Waals surface area contributed by atoms with Crippen molar-refractivity contribution in [3.8, 4) is 73.3 Å². The number of rotatable bonds is 14. The first kappa shape index (κ1) is 86.9. The summed E-state index contributed by atoms with van der Waals surface area (Å²) in [4.78, 5) is 98.8. The van der Waals surface area contributed by atoms with E-state index in [4.69, 9.17) is 20.1 Å². The summed E-state index contributed by atoms with van der Waals surface area (Å²) in [7, 11) is 10.7. The molecule has 105 heavy (non-hydrogen) atoms. The number of carbonyl (C=O) groups is 6. The number of aliphatic hydroxyl groups is 1. The number of pyridine rings is 4. The quantitative estimate of drug-likeness (QED) is 0.0520. The Morgan fingerprint density at radius 3 is 1.28 bits per heavy atom. The van der Waals surface area contributed by atoms with Crippen molar-refractivity contribution in [2.24, 2.45) is 42.3 Å². The molecular formula is C65H59F4N20Na3O13. The predicted octanol–water partition coefficient (Wildman–Crippen LogP) is -5.24. The number of ketones is 1. The normalized spacial score (nSPS) is 10.3. The molecule has 0 aliphatic rings. The van der Waals surface area contributed by atoms with Gasteiger partial charge >= 0.3 is 107 Å². The molecule has 0 amide bonds. The standard InChI is InChI=1S/C12H13N3O2.C11H8F3N3O2.C11H12N4O2.C11H11N3O3.C10H8FN3O2.C10H10N4O2.3Na/c1-7-4-8(2)14-10(5-7)9-6-13-15(3)11(9)12(16)17;1-17-9(10(18)19)6(5-15-17)7-3-2-4-8(16-7)11(12,13)14;1-7-3-12-5-9(14-7)8-4-13-15(2)11(8)10(17)6-16;1-14-10(11(15)16)7(6-13-14)9-8(17-2)4-3-5-12-9;1-14-9(10(15)16)7(5-13-14)8-3-2-6(11)4-12-8;1-6-3-11-5-8(13-6)7-4-12-14(2)9(7)10(15)16;;;/h4-6H,1-3H3,(H,16,17);2-5H,1H3,(H,18,19);3-5,16H,6H2,1-2H3;3-6H,1-2H3,(H,15,16);2-5H,1H3,(H,15,16);3-5H,1-2H3,(H,15,16);;;/q;;;;;;3*+1/p-3. The number of carboxylic acid groups (broad SMARTS) is 5. The molecule has 0 aliphatic carbocycles. The minimum atomic E-state index is -4.58. The second-order valence-electron chi connectivity index (χ2n) is 21.3. The van der Waals surface area contributed by atoms with Crippen LogP contribution in [0.1, 0.15) is 91.3 Å². The number of aromatic nitrogens is 20. The van der Waals surface area contributed by atoms with Crippen LogP contribution in [-0.2, 0) is 48.5 Å². The van der Waals surface area contributed by atoms with Crippen molar-refractivity contribution in [1.29, 1.82) is 0 Å². The zero-order valence-corrected chi connectivity index (χ0v) is 64.7. The van der Waals surface area contributed by atoms with Gasteiger partial charge in [-0.3, -0.25) is 57.8 Å². The molecule has 0 bridgehead atoms. The first-order valence-corrected chi connectivity index (χ1v) is 29.3. The van der Waals surface area contributed by atoms with Crippen molar-refractivity contribution in [3.05, 3.63) is 197 Å². The summed E-state index contributed by atoms with van der Waals surface area (Å²) in [6.45, 7) is 6.87. The largest absolute Gasteiger partial charge is 1.00 e. The van der Waals surface area contributed by atoms with Crippen LogP contribution in [0.2, 0.25) is 0 Å². The maximum absolute atomic E-state index is 12.7. The molecule has 0 atom stereocenters. The van der Waals surface area contributed by atoms with Crippen LogP contribution in [0.15, 0.2) is 129 Å². The third kappa shape index (κ3) is 22.0. The average molecular weight is 1470 g/mol. The van der Waals surface area contributed by atoms with E-state index in [2.05, 4.69) is 70.5 Å². The smallest absolute Gasteiger partial charge is 0.543 e. The van der Waals surface area contributed by atoms with Crippen LogP contribution in [0.4, 0.5) is 17.6 Å². The summed E-state index contributed by atoms with van der Waals surface area (Å²) in [6.07, 6.45) is 12.8. The Kier molecular flexibility index (Phi) is 32.2. The van der Waals surface area contributed by atoms with Gasteiger partial charge in [0.05, 0.1) is 160 Å². The summed E-state index contributed by atoms with van der Waals surface area (Å²) in [5.74, 6) is -6.59. The number of methoxy groups -OCH3 is 1. The molecule has 0 saturated carbocycles. The van der Waals surface area contributed by atoms with E-state index in [-0.39, 0.29) is 134 Å².